The SMILES string of the molecule is Cc1ccc(-c2cc3c(N4CCC[C@@H](C(=O)NCCCc5ccccc5)C4)nccn3n2)c(C)c1. The Kier molecular flexibility index (Phi) is 6.80. The molecule has 2 aromatic heterocycles. The lowest BCUT2D eigenvalue weighted by atomic mass is 9.97. The van der Waals surface area contributed by atoms with Crippen molar-refractivity contribution in [2.24, 2.45) is 5.92 Å². The van der Waals surface area contributed by atoms with E-state index >= 15 is 0 Å². The third-order valence-corrected chi connectivity index (χ3v) is 6.90. The highest BCUT2D eigenvalue weighted by Crippen LogP contribution is 2.30. The van der Waals surface area contributed by atoms with Gasteiger partial charge in [-0.1, -0.05) is 54.1 Å². The average Bonchev–Trinajstić information content (AvgIpc) is 3.31. The molecule has 6 heteroatoms. The maximum atomic E-state index is 12.9. The van der Waals surface area contributed by atoms with Crippen LogP contribution in [0.1, 0.15) is 36.0 Å². The zero-order chi connectivity index (χ0) is 24.2. The maximum absolute atomic E-state index is 12.9. The van der Waals surface area contributed by atoms with E-state index in [1.165, 1.54) is 16.7 Å². The standard InChI is InChI=1S/C29H33N5O/c1-21-12-13-25(22(2)18-21)26-19-27-28(30-15-17-34(27)32-26)33-16-7-11-24(20-33)29(35)31-14-6-10-23-8-4-3-5-9-23/h3-5,8-9,12-13,15,17-19,24H,6-7,10-11,14,16,20H2,1-2H3,(H,31,35)/t24-/m1/s1. The van der Waals surface area contributed by atoms with Crippen molar-refractivity contribution in [2.75, 3.05) is 24.5 Å². The van der Waals surface area contributed by atoms with E-state index in [0.717, 1.165) is 54.8 Å². The molecule has 0 unspecified atom stereocenters. The summed E-state index contributed by atoms with van der Waals surface area (Å²) < 4.78 is 1.91. The van der Waals surface area contributed by atoms with E-state index in [-0.39, 0.29) is 11.8 Å². The van der Waals surface area contributed by atoms with Crippen LogP contribution in [0.4, 0.5) is 5.82 Å². The normalized spacial score (nSPS) is 15.9. The van der Waals surface area contributed by atoms with Crippen LogP contribution in [-0.2, 0) is 11.2 Å². The Hall–Kier alpha value is -3.67. The van der Waals surface area contributed by atoms with Gasteiger partial charge in [0.1, 0.15) is 5.52 Å². The third kappa shape index (κ3) is 5.21. The summed E-state index contributed by atoms with van der Waals surface area (Å²) in [5, 5.41) is 7.99. The molecule has 4 aromatic rings. The first-order chi connectivity index (χ1) is 17.1. The fourth-order valence-electron chi connectivity index (χ4n) is 5.06. The molecule has 180 valence electrons. The van der Waals surface area contributed by atoms with E-state index in [1.807, 2.05) is 16.8 Å². The molecule has 2 aromatic carbocycles. The molecule has 1 aliphatic rings. The first-order valence-electron chi connectivity index (χ1n) is 12.6. The molecule has 5 rings (SSSR count). The van der Waals surface area contributed by atoms with E-state index in [1.54, 1.807) is 6.20 Å². The van der Waals surface area contributed by atoms with Gasteiger partial charge in [0, 0.05) is 37.6 Å². The lowest BCUT2D eigenvalue weighted by molar-refractivity contribution is -0.125. The fourth-order valence-corrected chi connectivity index (χ4v) is 5.06. The van der Waals surface area contributed by atoms with Crippen molar-refractivity contribution in [3.8, 4) is 11.3 Å². The van der Waals surface area contributed by atoms with Crippen molar-refractivity contribution in [1.29, 1.82) is 0 Å². The van der Waals surface area contributed by atoms with Gasteiger partial charge in [-0.05, 0) is 56.7 Å². The molecule has 1 fully saturated rings. The highest BCUT2D eigenvalue weighted by molar-refractivity contribution is 5.81. The number of aryl methyl sites for hydroxylation is 3. The summed E-state index contributed by atoms with van der Waals surface area (Å²) in [5.41, 5.74) is 6.83. The number of nitrogens with one attached hydrogen (secondary N) is 1. The van der Waals surface area contributed by atoms with Gasteiger partial charge in [-0.15, -0.1) is 0 Å². The Morgan fingerprint density at radius 2 is 1.97 bits per heavy atom. The van der Waals surface area contributed by atoms with Crippen LogP contribution >= 0.6 is 0 Å². The average molecular weight is 468 g/mol. The second-order valence-corrected chi connectivity index (χ2v) is 9.59. The largest absolute Gasteiger partial charge is 0.356 e. The summed E-state index contributed by atoms with van der Waals surface area (Å²) in [6, 6.07) is 19.0. The lowest BCUT2D eigenvalue weighted by Gasteiger charge is -2.33. The van der Waals surface area contributed by atoms with Crippen molar-refractivity contribution in [3.63, 3.8) is 0 Å². The van der Waals surface area contributed by atoms with Crippen molar-refractivity contribution in [2.45, 2.75) is 39.5 Å². The number of rotatable bonds is 7. The van der Waals surface area contributed by atoms with Crippen LogP contribution in [0.5, 0.6) is 0 Å². The van der Waals surface area contributed by atoms with Crippen LogP contribution < -0.4 is 10.2 Å². The Labute approximate surface area is 207 Å². The van der Waals surface area contributed by atoms with E-state index in [9.17, 15) is 4.79 Å². The quantitative estimate of drug-likeness (QED) is 0.390. The van der Waals surface area contributed by atoms with Crippen molar-refractivity contribution >= 4 is 17.2 Å². The van der Waals surface area contributed by atoms with Gasteiger partial charge in [0.2, 0.25) is 5.91 Å². The molecule has 1 aliphatic heterocycles. The molecular weight excluding hydrogens is 434 g/mol. The van der Waals surface area contributed by atoms with Crippen LogP contribution in [0, 0.1) is 19.8 Å². The van der Waals surface area contributed by atoms with Gasteiger partial charge in [-0.2, -0.15) is 5.10 Å². The molecule has 3 heterocycles. The molecule has 0 spiro atoms. The van der Waals surface area contributed by atoms with Crippen LogP contribution in [-0.4, -0.2) is 40.1 Å². The van der Waals surface area contributed by atoms with Crippen molar-refractivity contribution in [1.82, 2.24) is 19.9 Å². The smallest absolute Gasteiger partial charge is 0.224 e. The van der Waals surface area contributed by atoms with Crippen LogP contribution in [0.2, 0.25) is 0 Å². The van der Waals surface area contributed by atoms with E-state index < -0.39 is 0 Å². The van der Waals surface area contributed by atoms with E-state index in [2.05, 4.69) is 72.6 Å². The number of carbonyl (C=O) groups is 1. The molecule has 1 amide bonds. The summed E-state index contributed by atoms with van der Waals surface area (Å²) in [6.45, 7) is 6.52. The highest BCUT2D eigenvalue weighted by atomic mass is 16.1. The molecule has 0 radical (unpaired) electrons. The van der Waals surface area contributed by atoms with E-state index in [0.29, 0.717) is 13.1 Å². The Morgan fingerprint density at radius 1 is 1.11 bits per heavy atom. The minimum atomic E-state index is -0.0238. The van der Waals surface area contributed by atoms with Gasteiger partial charge in [0.05, 0.1) is 11.6 Å². The first kappa shape index (κ1) is 23.1. The molecule has 6 nitrogen and oxygen atoms in total. The molecule has 0 bridgehead atoms. The molecule has 0 aliphatic carbocycles. The number of hydrogen-bond acceptors (Lipinski definition) is 4. The maximum Gasteiger partial charge on any atom is 0.224 e. The Morgan fingerprint density at radius 3 is 2.80 bits per heavy atom. The summed E-state index contributed by atoms with van der Waals surface area (Å²) in [7, 11) is 0. The molecule has 1 atom stereocenters. The lowest BCUT2D eigenvalue weighted by Crippen LogP contribution is -2.43. The van der Waals surface area contributed by atoms with Gasteiger partial charge in [-0.3, -0.25) is 4.79 Å². The zero-order valence-corrected chi connectivity index (χ0v) is 20.6. The van der Waals surface area contributed by atoms with Crippen molar-refractivity contribution < 1.29 is 4.79 Å². The molecular formula is C29H33N5O. The number of anilines is 1. The van der Waals surface area contributed by atoms with E-state index in [4.69, 9.17) is 10.1 Å². The van der Waals surface area contributed by atoms with Gasteiger partial charge in [0.15, 0.2) is 5.82 Å². The second-order valence-electron chi connectivity index (χ2n) is 9.59. The van der Waals surface area contributed by atoms with Crippen LogP contribution in [0.15, 0.2) is 67.0 Å². The minimum Gasteiger partial charge on any atom is -0.356 e. The zero-order valence-electron chi connectivity index (χ0n) is 20.6. The number of aromatic nitrogens is 3. The van der Waals surface area contributed by atoms with Gasteiger partial charge in [0.25, 0.3) is 0 Å². The number of nitrogens with zero attached hydrogens (tertiary/aromatic N) is 4. The van der Waals surface area contributed by atoms with Gasteiger partial charge < -0.3 is 10.2 Å². The summed E-state index contributed by atoms with van der Waals surface area (Å²) in [5.74, 6) is 1.03. The number of amides is 1. The number of benzene rings is 2. The van der Waals surface area contributed by atoms with Crippen LogP contribution in [0.25, 0.3) is 16.8 Å². The monoisotopic (exact) mass is 467 g/mol. The van der Waals surface area contributed by atoms with Gasteiger partial charge in [-0.25, -0.2) is 9.50 Å². The third-order valence-electron chi connectivity index (χ3n) is 6.90. The number of fused-ring (bicyclic) bond motifs is 1. The number of hydrogen-bond donors (Lipinski definition) is 1. The summed E-state index contributed by atoms with van der Waals surface area (Å²) in [4.78, 5) is 19.9. The second kappa shape index (κ2) is 10.3. The Balaban J connectivity index is 1.26. The fraction of sp³-hybridized carbons (Fsp3) is 0.345. The Bertz CT molecular complexity index is 1310. The predicted octanol–water partition coefficient (Wildman–Crippen LogP) is 4.98. The minimum absolute atomic E-state index is 0.0238. The topological polar surface area (TPSA) is 62.5 Å². The molecule has 1 saturated heterocycles. The van der Waals surface area contributed by atoms with Gasteiger partial charge >= 0.3 is 0 Å². The highest BCUT2D eigenvalue weighted by Gasteiger charge is 2.27. The first-order valence-corrected chi connectivity index (χ1v) is 12.6. The molecule has 35 heavy (non-hydrogen) atoms. The number of piperidine rings is 1. The number of carbonyl (C=O) groups excluding carboxylic acids is 1. The van der Waals surface area contributed by atoms with Crippen LogP contribution in [0.3, 0.4) is 0 Å². The summed E-state index contributed by atoms with van der Waals surface area (Å²) in [6.07, 6.45) is 7.51. The molecule has 0 saturated carbocycles. The van der Waals surface area contributed by atoms with Crippen molar-refractivity contribution in [3.05, 3.63) is 83.7 Å². The summed E-state index contributed by atoms with van der Waals surface area (Å²) >= 11 is 0. The predicted molar refractivity (Wildman–Crippen MR) is 141 cm³/mol. The molecule has 1 N–H and O–H groups in total.